The van der Waals surface area contributed by atoms with Gasteiger partial charge in [0.2, 0.25) is 5.91 Å². The van der Waals surface area contributed by atoms with Crippen molar-refractivity contribution in [3.8, 4) is 5.75 Å². The number of hydrogen-bond acceptors (Lipinski definition) is 3. The average molecular weight is 489 g/mol. The number of hydrogen-bond donors (Lipinski definition) is 1. The lowest BCUT2D eigenvalue weighted by molar-refractivity contribution is -0.134. The second kappa shape index (κ2) is 11.4. The quantitative estimate of drug-likeness (QED) is 0.465. The van der Waals surface area contributed by atoms with Crippen LogP contribution in [0.25, 0.3) is 0 Å². The van der Waals surface area contributed by atoms with Crippen LogP contribution in [0.1, 0.15) is 54.1 Å². The van der Waals surface area contributed by atoms with Gasteiger partial charge < -0.3 is 15.0 Å². The maximum atomic E-state index is 14.2. The van der Waals surface area contributed by atoms with E-state index in [1.807, 2.05) is 74.2 Å². The molecule has 1 N–H and O–H groups in total. The number of carbonyl (C=O) groups excluding carboxylic acids is 2. The summed E-state index contributed by atoms with van der Waals surface area (Å²) in [5, 5.41) is 2.88. The van der Waals surface area contributed by atoms with Gasteiger partial charge in [-0.2, -0.15) is 0 Å². The van der Waals surface area contributed by atoms with E-state index in [1.54, 1.807) is 6.07 Å². The normalized spacial score (nSPS) is 14.9. The van der Waals surface area contributed by atoms with Crippen LogP contribution in [0.15, 0.2) is 66.7 Å². The minimum atomic E-state index is -0.408. The Hall–Kier alpha value is -3.67. The number of nitrogens with one attached hydrogen (secondary N) is 1. The summed E-state index contributed by atoms with van der Waals surface area (Å²) in [6.45, 7) is 6.93. The Bertz CT molecular complexity index is 1240. The van der Waals surface area contributed by atoms with E-state index >= 15 is 0 Å². The van der Waals surface area contributed by atoms with Gasteiger partial charge in [-0.25, -0.2) is 4.39 Å². The number of ether oxygens (including phenoxy) is 1. The third-order valence-corrected chi connectivity index (χ3v) is 6.36. The summed E-state index contributed by atoms with van der Waals surface area (Å²) in [6.07, 6.45) is 1.14. The molecule has 0 saturated carbocycles. The van der Waals surface area contributed by atoms with Crippen molar-refractivity contribution in [1.82, 2.24) is 10.2 Å². The van der Waals surface area contributed by atoms with E-state index in [9.17, 15) is 14.0 Å². The SMILES string of the molecule is Cc1cccc(CNC(=O)COc2ccc3c(c2)[C@@H](c2cccc(F)c2)N(C(=O)CC(C)C)CC3)c1. The minimum absolute atomic E-state index is 0.0479. The van der Waals surface area contributed by atoms with E-state index in [0.717, 1.165) is 27.8 Å². The van der Waals surface area contributed by atoms with Crippen LogP contribution in [-0.2, 0) is 22.6 Å². The van der Waals surface area contributed by atoms with Crippen molar-refractivity contribution in [2.75, 3.05) is 13.2 Å². The highest BCUT2D eigenvalue weighted by Crippen LogP contribution is 2.38. The highest BCUT2D eigenvalue weighted by Gasteiger charge is 2.32. The molecular formula is C30H33FN2O3. The smallest absolute Gasteiger partial charge is 0.258 e. The first-order valence-electron chi connectivity index (χ1n) is 12.4. The summed E-state index contributed by atoms with van der Waals surface area (Å²) in [5.41, 5.74) is 4.89. The van der Waals surface area contributed by atoms with Crippen LogP contribution in [0.2, 0.25) is 0 Å². The van der Waals surface area contributed by atoms with E-state index in [4.69, 9.17) is 4.74 Å². The molecule has 1 aliphatic heterocycles. The summed E-state index contributed by atoms with van der Waals surface area (Å²) >= 11 is 0. The van der Waals surface area contributed by atoms with Gasteiger partial charge in [0, 0.05) is 19.5 Å². The van der Waals surface area contributed by atoms with Crippen molar-refractivity contribution < 1.29 is 18.7 Å². The predicted octanol–water partition coefficient (Wildman–Crippen LogP) is 5.35. The molecule has 1 heterocycles. The third kappa shape index (κ3) is 6.30. The molecule has 1 atom stereocenters. The maximum Gasteiger partial charge on any atom is 0.258 e. The molecular weight excluding hydrogens is 455 g/mol. The van der Waals surface area contributed by atoms with Crippen LogP contribution < -0.4 is 10.1 Å². The molecule has 4 rings (SSSR count). The van der Waals surface area contributed by atoms with Crippen LogP contribution in [0.4, 0.5) is 4.39 Å². The fourth-order valence-electron chi connectivity index (χ4n) is 4.68. The van der Waals surface area contributed by atoms with Crippen LogP contribution in [-0.4, -0.2) is 29.9 Å². The molecule has 3 aromatic rings. The lowest BCUT2D eigenvalue weighted by atomic mass is 9.87. The first kappa shape index (κ1) is 25.4. The molecule has 0 saturated heterocycles. The van der Waals surface area contributed by atoms with E-state index < -0.39 is 6.04 Å². The monoisotopic (exact) mass is 488 g/mol. The standard InChI is InChI=1S/C30H33FN2O3/c1-20(2)14-29(35)33-13-12-23-10-11-26(17-27(23)30(33)24-8-5-9-25(31)16-24)36-19-28(34)32-18-22-7-4-6-21(3)15-22/h4-11,15-17,20,30H,12-14,18-19H2,1-3H3,(H,32,34)/t30-/m1/s1. The Kier molecular flexibility index (Phi) is 8.04. The Morgan fingerprint density at radius 2 is 1.89 bits per heavy atom. The van der Waals surface area contributed by atoms with Crippen LogP contribution >= 0.6 is 0 Å². The molecule has 0 unspecified atom stereocenters. The molecule has 3 aromatic carbocycles. The summed E-state index contributed by atoms with van der Waals surface area (Å²) in [6, 6.07) is 19.7. The third-order valence-electron chi connectivity index (χ3n) is 6.36. The predicted molar refractivity (Wildman–Crippen MR) is 138 cm³/mol. The Morgan fingerprint density at radius 3 is 2.64 bits per heavy atom. The average Bonchev–Trinajstić information content (AvgIpc) is 2.85. The van der Waals surface area contributed by atoms with Gasteiger partial charge in [0.15, 0.2) is 6.61 Å². The molecule has 5 nitrogen and oxygen atoms in total. The largest absolute Gasteiger partial charge is 0.484 e. The number of fused-ring (bicyclic) bond motifs is 1. The molecule has 0 bridgehead atoms. The van der Waals surface area contributed by atoms with E-state index in [0.29, 0.717) is 31.7 Å². The van der Waals surface area contributed by atoms with E-state index in [2.05, 4.69) is 5.32 Å². The van der Waals surface area contributed by atoms with Gasteiger partial charge in [0.25, 0.3) is 5.91 Å². The van der Waals surface area contributed by atoms with E-state index in [1.165, 1.54) is 12.1 Å². The Balaban J connectivity index is 1.52. The van der Waals surface area contributed by atoms with Crippen LogP contribution in [0.3, 0.4) is 0 Å². The van der Waals surface area contributed by atoms with Gasteiger partial charge >= 0.3 is 0 Å². The van der Waals surface area contributed by atoms with Gasteiger partial charge in [0.1, 0.15) is 11.6 Å². The number of nitrogens with zero attached hydrogens (tertiary/aromatic N) is 1. The van der Waals surface area contributed by atoms with Crippen molar-refractivity contribution >= 4 is 11.8 Å². The molecule has 1 aliphatic rings. The number of amides is 2. The number of halogens is 1. The molecule has 2 amide bonds. The molecule has 36 heavy (non-hydrogen) atoms. The zero-order valence-electron chi connectivity index (χ0n) is 21.1. The lowest BCUT2D eigenvalue weighted by Crippen LogP contribution is -2.41. The molecule has 0 fully saturated rings. The van der Waals surface area contributed by atoms with Gasteiger partial charge in [-0.3, -0.25) is 9.59 Å². The fourth-order valence-corrected chi connectivity index (χ4v) is 4.68. The second-order valence-corrected chi connectivity index (χ2v) is 9.81. The molecule has 0 spiro atoms. The van der Waals surface area contributed by atoms with Crippen molar-refractivity contribution in [3.05, 3.63) is 100 Å². The minimum Gasteiger partial charge on any atom is -0.484 e. The molecule has 0 aliphatic carbocycles. The molecule has 188 valence electrons. The lowest BCUT2D eigenvalue weighted by Gasteiger charge is -2.38. The van der Waals surface area contributed by atoms with Crippen molar-refractivity contribution in [1.29, 1.82) is 0 Å². The summed E-state index contributed by atoms with van der Waals surface area (Å²) < 4.78 is 20.0. The van der Waals surface area contributed by atoms with Gasteiger partial charge in [-0.1, -0.05) is 61.9 Å². The van der Waals surface area contributed by atoms with Crippen molar-refractivity contribution in [2.24, 2.45) is 5.92 Å². The summed E-state index contributed by atoms with van der Waals surface area (Å²) in [7, 11) is 0. The summed E-state index contributed by atoms with van der Waals surface area (Å²) in [4.78, 5) is 27.4. The second-order valence-electron chi connectivity index (χ2n) is 9.81. The van der Waals surface area contributed by atoms with Crippen molar-refractivity contribution in [2.45, 2.75) is 46.2 Å². The Labute approximate surface area is 212 Å². The number of aryl methyl sites for hydroxylation is 1. The Morgan fingerprint density at radius 1 is 1.08 bits per heavy atom. The maximum absolute atomic E-state index is 14.2. The van der Waals surface area contributed by atoms with Gasteiger partial charge in [-0.15, -0.1) is 0 Å². The van der Waals surface area contributed by atoms with E-state index in [-0.39, 0.29) is 30.2 Å². The fraction of sp³-hybridized carbons (Fsp3) is 0.333. The van der Waals surface area contributed by atoms with Crippen LogP contribution in [0.5, 0.6) is 5.75 Å². The van der Waals surface area contributed by atoms with Gasteiger partial charge in [0.05, 0.1) is 6.04 Å². The summed E-state index contributed by atoms with van der Waals surface area (Å²) in [5.74, 6) is 0.254. The van der Waals surface area contributed by atoms with Crippen molar-refractivity contribution in [3.63, 3.8) is 0 Å². The first-order chi connectivity index (χ1) is 17.3. The first-order valence-corrected chi connectivity index (χ1v) is 12.4. The molecule has 6 heteroatoms. The highest BCUT2D eigenvalue weighted by molar-refractivity contribution is 5.78. The van der Waals surface area contributed by atoms with Gasteiger partial charge in [-0.05, 0) is 65.8 Å². The van der Waals surface area contributed by atoms with Crippen LogP contribution in [0, 0.1) is 18.7 Å². The zero-order chi connectivity index (χ0) is 25.7. The molecule has 0 radical (unpaired) electrons. The molecule has 0 aromatic heterocycles. The number of benzene rings is 3. The number of carbonyl (C=O) groups is 2. The topological polar surface area (TPSA) is 58.6 Å². The number of rotatable bonds is 8. The highest BCUT2D eigenvalue weighted by atomic mass is 19.1. The zero-order valence-corrected chi connectivity index (χ0v) is 21.1.